The number of rotatable bonds is 6. The lowest BCUT2D eigenvalue weighted by atomic mass is 10.2. The van der Waals surface area contributed by atoms with Gasteiger partial charge >= 0.3 is 0 Å². The number of nitrogens with zero attached hydrogens (tertiary/aromatic N) is 1. The summed E-state index contributed by atoms with van der Waals surface area (Å²) in [4.78, 5) is 11.7. The Kier molecular flexibility index (Phi) is 5.89. The van der Waals surface area contributed by atoms with Crippen LogP contribution in [0, 0.1) is 11.3 Å². The Morgan fingerprint density at radius 3 is 2.52 bits per heavy atom. The second-order valence-corrected chi connectivity index (χ2v) is 6.41. The van der Waals surface area contributed by atoms with Crippen molar-refractivity contribution in [1.29, 1.82) is 5.26 Å². The van der Waals surface area contributed by atoms with Crippen LogP contribution in [-0.2, 0) is 21.5 Å². The average Bonchev–Trinajstić information content (AvgIpc) is 2.61. The number of nitriles is 1. The molecule has 0 aromatic heterocycles. The summed E-state index contributed by atoms with van der Waals surface area (Å²) in [6, 6.07) is 16.3. The van der Waals surface area contributed by atoms with Crippen molar-refractivity contribution in [2.45, 2.75) is 11.4 Å². The number of amides is 1. The predicted molar refractivity (Wildman–Crippen MR) is 91.9 cm³/mol. The molecule has 0 atom stereocenters. The Labute approximate surface area is 145 Å². The van der Waals surface area contributed by atoms with Crippen molar-refractivity contribution in [1.82, 2.24) is 5.32 Å². The predicted octanol–water partition coefficient (Wildman–Crippen LogP) is 2.07. The molecule has 0 saturated heterocycles. The van der Waals surface area contributed by atoms with Crippen molar-refractivity contribution in [2.24, 2.45) is 0 Å². The van der Waals surface area contributed by atoms with Crippen LogP contribution in [0.15, 0.2) is 71.3 Å². The first-order valence-corrected chi connectivity index (χ1v) is 8.60. The second kappa shape index (κ2) is 8.10. The Balaban J connectivity index is 2.05. The molecular formula is C17H15N3O4S. The topological polar surface area (TPSA) is 119 Å². The molecule has 0 radical (unpaired) electrons. The average molecular weight is 357 g/mol. The highest BCUT2D eigenvalue weighted by Crippen LogP contribution is 2.15. The minimum Gasteiger partial charge on any atom is -0.360 e. The monoisotopic (exact) mass is 357 g/mol. The third-order valence-corrected chi connectivity index (χ3v) is 4.03. The van der Waals surface area contributed by atoms with Gasteiger partial charge in [0, 0.05) is 18.4 Å². The molecule has 0 bridgehead atoms. The lowest BCUT2D eigenvalue weighted by molar-refractivity contribution is -0.117. The van der Waals surface area contributed by atoms with Crippen LogP contribution in [0.2, 0.25) is 0 Å². The van der Waals surface area contributed by atoms with E-state index in [-0.39, 0.29) is 17.0 Å². The summed E-state index contributed by atoms with van der Waals surface area (Å²) in [6.45, 7) is 0.275. The third-order valence-electron chi connectivity index (χ3n) is 3.18. The highest BCUT2D eigenvalue weighted by atomic mass is 32.2. The van der Waals surface area contributed by atoms with Gasteiger partial charge in [0.15, 0.2) is 0 Å². The molecular weight excluding hydrogens is 342 g/mol. The number of hydrogen-bond donors (Lipinski definition) is 3. The van der Waals surface area contributed by atoms with Gasteiger partial charge in [0.25, 0.3) is 16.0 Å². The second-order valence-electron chi connectivity index (χ2n) is 4.99. The first-order chi connectivity index (χ1) is 11.9. The number of hydrogen-bond acceptors (Lipinski definition) is 5. The van der Waals surface area contributed by atoms with Gasteiger partial charge in [-0.15, -0.1) is 0 Å². The van der Waals surface area contributed by atoms with Gasteiger partial charge in [0.1, 0.15) is 11.6 Å². The van der Waals surface area contributed by atoms with E-state index in [1.165, 1.54) is 30.5 Å². The molecule has 0 unspecified atom stereocenters. The molecule has 2 aromatic carbocycles. The summed E-state index contributed by atoms with van der Waals surface area (Å²) in [5.74, 6) is -0.565. The van der Waals surface area contributed by atoms with Crippen LogP contribution in [-0.4, -0.2) is 18.9 Å². The zero-order valence-electron chi connectivity index (χ0n) is 13.0. The normalized spacial score (nSPS) is 11.4. The SMILES string of the molecule is N#C/C(=C/Nc1cccc(S(=O)(=O)O)c1)C(=O)NCc1ccccc1. The molecule has 8 heteroatoms. The molecule has 0 fully saturated rings. The summed E-state index contributed by atoms with van der Waals surface area (Å²) in [6.07, 6.45) is 1.17. The van der Waals surface area contributed by atoms with Gasteiger partial charge in [-0.2, -0.15) is 13.7 Å². The number of anilines is 1. The van der Waals surface area contributed by atoms with E-state index in [0.717, 1.165) is 5.56 Å². The molecule has 0 spiro atoms. The zero-order chi connectivity index (χ0) is 18.3. The molecule has 2 rings (SSSR count). The molecule has 25 heavy (non-hydrogen) atoms. The Hall–Kier alpha value is -3.15. The fraction of sp³-hybridized carbons (Fsp3) is 0.0588. The summed E-state index contributed by atoms with van der Waals surface area (Å²) >= 11 is 0. The summed E-state index contributed by atoms with van der Waals surface area (Å²) in [5, 5.41) is 14.4. The molecule has 2 aromatic rings. The quantitative estimate of drug-likeness (QED) is 0.414. The van der Waals surface area contributed by atoms with E-state index in [2.05, 4.69) is 10.6 Å². The molecule has 3 N–H and O–H groups in total. The first kappa shape index (κ1) is 18.2. The lowest BCUT2D eigenvalue weighted by Gasteiger charge is -2.06. The number of carbonyl (C=O) groups excluding carboxylic acids is 1. The maximum absolute atomic E-state index is 12.0. The van der Waals surface area contributed by atoms with Crippen molar-refractivity contribution < 1.29 is 17.8 Å². The van der Waals surface area contributed by atoms with Gasteiger partial charge < -0.3 is 10.6 Å². The van der Waals surface area contributed by atoms with E-state index < -0.39 is 16.0 Å². The van der Waals surface area contributed by atoms with E-state index in [0.29, 0.717) is 5.69 Å². The fourth-order valence-electron chi connectivity index (χ4n) is 1.92. The van der Waals surface area contributed by atoms with Gasteiger partial charge in [0.05, 0.1) is 4.90 Å². The molecule has 0 aliphatic heterocycles. The minimum absolute atomic E-state index is 0.173. The van der Waals surface area contributed by atoms with Crippen LogP contribution >= 0.6 is 0 Å². The van der Waals surface area contributed by atoms with Crippen molar-refractivity contribution >= 4 is 21.7 Å². The summed E-state index contributed by atoms with van der Waals surface area (Å²) < 4.78 is 31.2. The third kappa shape index (κ3) is 5.46. The van der Waals surface area contributed by atoms with Gasteiger partial charge in [0.2, 0.25) is 0 Å². The largest absolute Gasteiger partial charge is 0.360 e. The van der Waals surface area contributed by atoms with Crippen LogP contribution in [0.25, 0.3) is 0 Å². The number of benzene rings is 2. The van der Waals surface area contributed by atoms with Crippen molar-refractivity contribution in [3.05, 3.63) is 71.9 Å². The first-order valence-electron chi connectivity index (χ1n) is 7.16. The van der Waals surface area contributed by atoms with Crippen molar-refractivity contribution in [2.75, 3.05) is 5.32 Å². The summed E-state index contributed by atoms with van der Waals surface area (Å²) in [5.41, 5.74) is 1.02. The molecule has 1 amide bonds. The van der Waals surface area contributed by atoms with E-state index in [1.807, 2.05) is 30.3 Å². The standard InChI is InChI=1S/C17H15N3O4S/c18-10-14(17(21)20-11-13-5-2-1-3-6-13)12-19-15-7-4-8-16(9-15)25(22,23)24/h1-9,12,19H,11H2,(H,20,21)(H,22,23,24)/b14-12-. The highest BCUT2D eigenvalue weighted by molar-refractivity contribution is 7.85. The van der Waals surface area contributed by atoms with Crippen LogP contribution in [0.3, 0.4) is 0 Å². The molecule has 0 saturated carbocycles. The molecule has 128 valence electrons. The Bertz CT molecular complexity index is 932. The van der Waals surface area contributed by atoms with Gasteiger partial charge in [-0.05, 0) is 23.8 Å². The zero-order valence-corrected chi connectivity index (χ0v) is 13.8. The smallest absolute Gasteiger partial charge is 0.294 e. The highest BCUT2D eigenvalue weighted by Gasteiger charge is 2.11. The van der Waals surface area contributed by atoms with E-state index in [1.54, 1.807) is 6.07 Å². The van der Waals surface area contributed by atoms with Gasteiger partial charge in [-0.3, -0.25) is 9.35 Å². The van der Waals surface area contributed by atoms with Crippen molar-refractivity contribution in [3.63, 3.8) is 0 Å². The van der Waals surface area contributed by atoms with E-state index >= 15 is 0 Å². The van der Waals surface area contributed by atoms with Crippen molar-refractivity contribution in [3.8, 4) is 6.07 Å². The van der Waals surface area contributed by atoms with Crippen LogP contribution in [0.1, 0.15) is 5.56 Å². The van der Waals surface area contributed by atoms with Crippen LogP contribution in [0.4, 0.5) is 5.69 Å². The van der Waals surface area contributed by atoms with Crippen LogP contribution in [0.5, 0.6) is 0 Å². The minimum atomic E-state index is -4.33. The Morgan fingerprint density at radius 2 is 1.88 bits per heavy atom. The van der Waals surface area contributed by atoms with Gasteiger partial charge in [-0.25, -0.2) is 0 Å². The Morgan fingerprint density at radius 1 is 1.16 bits per heavy atom. The number of nitrogens with one attached hydrogen (secondary N) is 2. The molecule has 0 aliphatic rings. The van der Waals surface area contributed by atoms with E-state index in [4.69, 9.17) is 9.81 Å². The molecule has 0 aliphatic carbocycles. The van der Waals surface area contributed by atoms with Gasteiger partial charge in [-0.1, -0.05) is 36.4 Å². The molecule has 7 nitrogen and oxygen atoms in total. The lowest BCUT2D eigenvalue weighted by Crippen LogP contribution is -2.24. The van der Waals surface area contributed by atoms with Crippen LogP contribution < -0.4 is 10.6 Å². The molecule has 0 heterocycles. The maximum atomic E-state index is 12.0. The summed E-state index contributed by atoms with van der Waals surface area (Å²) in [7, 11) is -4.33. The van der Waals surface area contributed by atoms with E-state index in [9.17, 15) is 13.2 Å². The maximum Gasteiger partial charge on any atom is 0.294 e. The number of carbonyl (C=O) groups is 1. The fourth-order valence-corrected chi connectivity index (χ4v) is 2.45.